The van der Waals surface area contributed by atoms with Crippen molar-refractivity contribution in [3.8, 4) is 23.3 Å². The zero-order chi connectivity index (χ0) is 29.0. The molecule has 0 aliphatic carbocycles. The molecule has 0 spiro atoms. The molecule has 42 heavy (non-hydrogen) atoms. The van der Waals surface area contributed by atoms with Crippen LogP contribution in [-0.2, 0) is 0 Å². The number of aromatic nitrogens is 3. The first-order valence-electron chi connectivity index (χ1n) is 14.1. The Kier molecular flexibility index (Phi) is 6.79. The average Bonchev–Trinajstić information content (AvgIpc) is 3.63. The first kappa shape index (κ1) is 27.1. The van der Waals surface area contributed by atoms with Crippen LogP contribution in [0.25, 0.3) is 32.2 Å². The zero-order valence-electron chi connectivity index (χ0n) is 22.7. The van der Waals surface area contributed by atoms with E-state index in [1.54, 1.807) is 18.2 Å². The highest BCUT2D eigenvalue weighted by Gasteiger charge is 2.49. The van der Waals surface area contributed by atoms with Crippen molar-refractivity contribution >= 4 is 43.1 Å². The minimum atomic E-state index is -2.93. The number of nitrogens with two attached hydrogens (primary N) is 1. The van der Waals surface area contributed by atoms with Gasteiger partial charge in [0.25, 0.3) is 6.43 Å². The molecule has 4 aromatic rings. The SMILES string of the molecule is N#Cc1c(N)sc2cccc(-c3ncc4c(N5CCNCC5)nc(OC[C@@]56CCCN5C[C@H](F)C6)nc4c3C(F)F)c12. The quantitative estimate of drug-likeness (QED) is 0.329. The Labute approximate surface area is 244 Å². The second-order valence-electron chi connectivity index (χ2n) is 11.1. The molecule has 0 bridgehead atoms. The summed E-state index contributed by atoms with van der Waals surface area (Å²) in [6.45, 7) is 4.03. The van der Waals surface area contributed by atoms with Crippen LogP contribution in [0.4, 0.5) is 24.0 Å². The Bertz CT molecular complexity index is 1720. The molecule has 7 rings (SSSR count). The number of anilines is 2. The van der Waals surface area contributed by atoms with Gasteiger partial charge < -0.3 is 20.7 Å². The number of hydrogen-bond donors (Lipinski definition) is 2. The highest BCUT2D eigenvalue weighted by molar-refractivity contribution is 7.23. The lowest BCUT2D eigenvalue weighted by atomic mass is 9.95. The van der Waals surface area contributed by atoms with Crippen molar-refractivity contribution in [2.75, 3.05) is 56.5 Å². The summed E-state index contributed by atoms with van der Waals surface area (Å²) in [6, 6.07) is 7.32. The molecule has 6 heterocycles. The highest BCUT2D eigenvalue weighted by atomic mass is 32.1. The number of ether oxygens (including phenoxy) is 1. The summed E-state index contributed by atoms with van der Waals surface area (Å²) in [6.07, 6.45) is -0.200. The Hall–Kier alpha value is -3.73. The number of nitrogen functional groups attached to an aromatic ring is 1. The van der Waals surface area contributed by atoms with E-state index >= 15 is 8.78 Å². The summed E-state index contributed by atoms with van der Waals surface area (Å²) in [5.74, 6) is 0.476. The third-order valence-electron chi connectivity index (χ3n) is 8.71. The van der Waals surface area contributed by atoms with Gasteiger partial charge in [0.05, 0.1) is 33.3 Å². The van der Waals surface area contributed by atoms with Gasteiger partial charge in [-0.2, -0.15) is 15.2 Å². The Morgan fingerprint density at radius 3 is 2.86 bits per heavy atom. The number of nitriles is 1. The van der Waals surface area contributed by atoms with Crippen molar-refractivity contribution in [2.45, 2.75) is 37.4 Å². The standard InChI is InChI=1S/C29H29F3N8OS/c30-16-11-29(5-2-8-40(29)14-16)15-41-28-37-24-19(27(38-28)39-9-6-35-7-10-39)13-36-23(22(24)25(31)32)17-3-1-4-20-21(17)18(12-33)26(34)42-20/h1,3-4,13,16,25,35H,2,5-11,14-15,34H2/t16-,29+/m1/s1. The van der Waals surface area contributed by atoms with Crippen LogP contribution in [0.1, 0.15) is 36.8 Å². The normalized spacial score (nSPS) is 22.7. The average molecular weight is 595 g/mol. The van der Waals surface area contributed by atoms with Gasteiger partial charge in [0, 0.05) is 61.0 Å². The van der Waals surface area contributed by atoms with Gasteiger partial charge in [-0.25, -0.2) is 13.2 Å². The minimum absolute atomic E-state index is 0.0192. The van der Waals surface area contributed by atoms with Gasteiger partial charge >= 0.3 is 6.01 Å². The Morgan fingerprint density at radius 1 is 1.24 bits per heavy atom. The van der Waals surface area contributed by atoms with Crippen LogP contribution in [0.2, 0.25) is 0 Å². The van der Waals surface area contributed by atoms with Gasteiger partial charge in [-0.05, 0) is 25.5 Å². The smallest absolute Gasteiger partial charge is 0.319 e. The largest absolute Gasteiger partial charge is 0.461 e. The van der Waals surface area contributed by atoms with Crippen LogP contribution < -0.4 is 20.7 Å². The molecule has 1 aromatic carbocycles. The number of fused-ring (bicyclic) bond motifs is 3. The lowest BCUT2D eigenvalue weighted by molar-refractivity contribution is 0.107. The van der Waals surface area contributed by atoms with E-state index in [0.717, 1.165) is 19.4 Å². The number of halogens is 3. The fraction of sp³-hybridized carbons (Fsp3) is 0.448. The second kappa shape index (κ2) is 10.5. The number of rotatable bonds is 6. The molecule has 0 saturated carbocycles. The summed E-state index contributed by atoms with van der Waals surface area (Å²) in [5.41, 5.74) is 6.01. The van der Waals surface area contributed by atoms with Crippen molar-refractivity contribution in [3.63, 3.8) is 0 Å². The first-order chi connectivity index (χ1) is 20.4. The van der Waals surface area contributed by atoms with Crippen molar-refractivity contribution in [1.29, 1.82) is 5.26 Å². The molecule has 3 aromatic heterocycles. The van der Waals surface area contributed by atoms with E-state index in [1.807, 2.05) is 4.90 Å². The number of alkyl halides is 3. The highest BCUT2D eigenvalue weighted by Crippen LogP contribution is 2.44. The van der Waals surface area contributed by atoms with Crippen LogP contribution >= 0.6 is 11.3 Å². The maximum atomic E-state index is 15.1. The molecule has 218 valence electrons. The van der Waals surface area contributed by atoms with Gasteiger partial charge in [-0.15, -0.1) is 11.3 Å². The topological polar surface area (TPSA) is 116 Å². The molecule has 0 unspecified atom stereocenters. The van der Waals surface area contributed by atoms with E-state index in [2.05, 4.69) is 26.3 Å². The van der Waals surface area contributed by atoms with Gasteiger partial charge in [-0.3, -0.25) is 9.88 Å². The summed E-state index contributed by atoms with van der Waals surface area (Å²) in [7, 11) is 0. The van der Waals surface area contributed by atoms with E-state index in [4.69, 9.17) is 15.5 Å². The van der Waals surface area contributed by atoms with Crippen LogP contribution in [-0.4, -0.2) is 77.4 Å². The summed E-state index contributed by atoms with van der Waals surface area (Å²) < 4.78 is 51.4. The van der Waals surface area contributed by atoms with Crippen molar-refractivity contribution < 1.29 is 17.9 Å². The van der Waals surface area contributed by atoms with E-state index in [0.29, 0.717) is 71.0 Å². The number of nitrogens with one attached hydrogen (secondary N) is 1. The summed E-state index contributed by atoms with van der Waals surface area (Å²) in [5, 5.41) is 14.3. The molecular formula is C29H29F3N8OS. The molecule has 0 radical (unpaired) electrons. The molecule has 13 heteroatoms. The maximum Gasteiger partial charge on any atom is 0.319 e. The number of piperazine rings is 1. The van der Waals surface area contributed by atoms with Crippen molar-refractivity contribution in [1.82, 2.24) is 25.2 Å². The number of nitrogens with zero attached hydrogens (tertiary/aromatic N) is 6. The fourth-order valence-electron chi connectivity index (χ4n) is 6.80. The van der Waals surface area contributed by atoms with Gasteiger partial charge in [0.2, 0.25) is 0 Å². The lowest BCUT2D eigenvalue weighted by Gasteiger charge is -2.32. The predicted octanol–water partition coefficient (Wildman–Crippen LogP) is 4.66. The molecule has 3 N–H and O–H groups in total. The molecule has 2 atom stereocenters. The predicted molar refractivity (Wildman–Crippen MR) is 156 cm³/mol. The van der Waals surface area contributed by atoms with Crippen molar-refractivity contribution in [3.05, 3.63) is 35.5 Å². The van der Waals surface area contributed by atoms with E-state index in [9.17, 15) is 9.65 Å². The van der Waals surface area contributed by atoms with Crippen LogP contribution in [0.15, 0.2) is 24.4 Å². The van der Waals surface area contributed by atoms with Crippen LogP contribution in [0, 0.1) is 11.3 Å². The molecule has 0 amide bonds. The number of hydrogen-bond acceptors (Lipinski definition) is 10. The third kappa shape index (κ3) is 4.40. The fourth-order valence-corrected chi connectivity index (χ4v) is 7.75. The Balaban J connectivity index is 1.40. The van der Waals surface area contributed by atoms with Gasteiger partial charge in [0.15, 0.2) is 0 Å². The summed E-state index contributed by atoms with van der Waals surface area (Å²) >= 11 is 1.23. The van der Waals surface area contributed by atoms with E-state index in [-0.39, 0.29) is 35.0 Å². The van der Waals surface area contributed by atoms with E-state index in [1.165, 1.54) is 17.5 Å². The number of thiophene rings is 1. The monoisotopic (exact) mass is 594 g/mol. The molecule has 3 aliphatic rings. The second-order valence-corrected chi connectivity index (χ2v) is 12.2. The minimum Gasteiger partial charge on any atom is -0.461 e. The zero-order valence-corrected chi connectivity index (χ0v) is 23.6. The molecule has 3 aliphatic heterocycles. The number of benzene rings is 1. The first-order valence-corrected chi connectivity index (χ1v) is 14.9. The van der Waals surface area contributed by atoms with Gasteiger partial charge in [0.1, 0.15) is 29.7 Å². The Morgan fingerprint density at radius 2 is 2.07 bits per heavy atom. The van der Waals surface area contributed by atoms with Gasteiger partial charge in [-0.1, -0.05) is 12.1 Å². The van der Waals surface area contributed by atoms with E-state index < -0.39 is 18.1 Å². The molecule has 9 nitrogen and oxygen atoms in total. The maximum absolute atomic E-state index is 15.1. The molecule has 3 fully saturated rings. The van der Waals surface area contributed by atoms with Crippen LogP contribution in [0.5, 0.6) is 6.01 Å². The lowest BCUT2D eigenvalue weighted by Crippen LogP contribution is -2.44. The number of pyridine rings is 1. The van der Waals surface area contributed by atoms with Crippen LogP contribution in [0.3, 0.4) is 0 Å². The molecule has 3 saturated heterocycles. The molecular weight excluding hydrogens is 565 g/mol. The van der Waals surface area contributed by atoms with Crippen molar-refractivity contribution in [2.24, 2.45) is 0 Å². The third-order valence-corrected chi connectivity index (χ3v) is 9.70. The summed E-state index contributed by atoms with van der Waals surface area (Å²) in [4.78, 5) is 18.0.